The highest BCUT2D eigenvalue weighted by atomic mass is 15.4. The lowest BCUT2D eigenvalue weighted by molar-refractivity contribution is 0.682. The van der Waals surface area contributed by atoms with Gasteiger partial charge in [0.2, 0.25) is 0 Å². The molecular weight excluding hydrogens is 174 g/mol. The smallest absolute Gasteiger partial charge is 0.116 e. The predicted octanol–water partition coefficient (Wildman–Crippen LogP) is 2.04. The topological polar surface area (TPSA) is 30.7 Å². The van der Waals surface area contributed by atoms with E-state index in [1.807, 2.05) is 29.9 Å². The van der Waals surface area contributed by atoms with E-state index in [0.717, 1.165) is 17.7 Å². The van der Waals surface area contributed by atoms with Crippen molar-refractivity contribution in [1.29, 1.82) is 0 Å². The van der Waals surface area contributed by atoms with Gasteiger partial charge >= 0.3 is 0 Å². The Kier molecular flexibility index (Phi) is 2.31. The second kappa shape index (κ2) is 3.62. The Labute approximate surface area is 83.4 Å². The lowest BCUT2D eigenvalue weighted by atomic mass is 10.1. The highest BCUT2D eigenvalue weighted by Crippen LogP contribution is 2.20. The van der Waals surface area contributed by atoms with Crippen molar-refractivity contribution in [3.63, 3.8) is 0 Å². The van der Waals surface area contributed by atoms with Crippen LogP contribution < -0.4 is 0 Å². The van der Waals surface area contributed by atoms with Crippen LogP contribution in [0.15, 0.2) is 30.3 Å². The van der Waals surface area contributed by atoms with E-state index in [2.05, 4.69) is 29.4 Å². The van der Waals surface area contributed by atoms with Crippen LogP contribution in [0.3, 0.4) is 0 Å². The molecule has 0 aliphatic heterocycles. The molecule has 0 unspecified atom stereocenters. The molecule has 0 radical (unpaired) electrons. The van der Waals surface area contributed by atoms with E-state index in [9.17, 15) is 0 Å². The number of nitrogens with zero attached hydrogens (tertiary/aromatic N) is 3. The Hall–Kier alpha value is -1.64. The molecule has 0 fully saturated rings. The summed E-state index contributed by atoms with van der Waals surface area (Å²) in [6, 6.07) is 10.2. The highest BCUT2D eigenvalue weighted by Gasteiger charge is 2.09. The molecule has 0 N–H and O–H groups in total. The van der Waals surface area contributed by atoms with E-state index < -0.39 is 0 Å². The van der Waals surface area contributed by atoms with Crippen molar-refractivity contribution in [2.24, 2.45) is 7.05 Å². The maximum absolute atomic E-state index is 4.17. The van der Waals surface area contributed by atoms with E-state index in [4.69, 9.17) is 0 Å². The molecule has 2 aromatic rings. The second-order valence-electron chi connectivity index (χ2n) is 3.23. The van der Waals surface area contributed by atoms with E-state index in [0.29, 0.717) is 0 Å². The summed E-state index contributed by atoms with van der Waals surface area (Å²) in [5.74, 6) is 0. The first-order chi connectivity index (χ1) is 6.83. The maximum atomic E-state index is 4.17. The average Bonchev–Trinajstić information content (AvgIpc) is 2.61. The van der Waals surface area contributed by atoms with Crippen LogP contribution in [0.25, 0.3) is 11.3 Å². The predicted molar refractivity (Wildman–Crippen MR) is 55.8 cm³/mol. The van der Waals surface area contributed by atoms with Crippen LogP contribution in [0, 0.1) is 0 Å². The minimum atomic E-state index is 0.952. The van der Waals surface area contributed by atoms with Crippen LogP contribution in [-0.4, -0.2) is 15.0 Å². The lowest BCUT2D eigenvalue weighted by Gasteiger charge is -2.00. The molecule has 0 aliphatic rings. The largest absolute Gasteiger partial charge is 0.252 e. The van der Waals surface area contributed by atoms with Crippen LogP contribution in [0.1, 0.15) is 12.6 Å². The molecule has 72 valence electrons. The SMILES string of the molecule is CCc1c(-c2ccccc2)nnn1C. The molecule has 1 aromatic heterocycles. The third-order valence-electron chi connectivity index (χ3n) is 2.32. The molecule has 0 aliphatic carbocycles. The normalized spacial score (nSPS) is 10.4. The van der Waals surface area contributed by atoms with Gasteiger partial charge in [-0.15, -0.1) is 5.10 Å². The van der Waals surface area contributed by atoms with Gasteiger partial charge in [0.1, 0.15) is 5.69 Å². The van der Waals surface area contributed by atoms with Crippen molar-refractivity contribution in [3.8, 4) is 11.3 Å². The molecular formula is C11H13N3. The van der Waals surface area contributed by atoms with E-state index in [-0.39, 0.29) is 0 Å². The number of aromatic nitrogens is 3. The van der Waals surface area contributed by atoms with Crippen LogP contribution >= 0.6 is 0 Å². The van der Waals surface area contributed by atoms with Gasteiger partial charge in [0.05, 0.1) is 5.69 Å². The number of rotatable bonds is 2. The molecule has 0 spiro atoms. The van der Waals surface area contributed by atoms with Crippen molar-refractivity contribution in [3.05, 3.63) is 36.0 Å². The number of benzene rings is 1. The van der Waals surface area contributed by atoms with Crippen molar-refractivity contribution < 1.29 is 0 Å². The molecule has 1 aromatic carbocycles. The number of hydrogen-bond acceptors (Lipinski definition) is 2. The van der Waals surface area contributed by atoms with Crippen LogP contribution in [0.5, 0.6) is 0 Å². The summed E-state index contributed by atoms with van der Waals surface area (Å²) < 4.78 is 1.84. The van der Waals surface area contributed by atoms with Crippen molar-refractivity contribution in [2.45, 2.75) is 13.3 Å². The first-order valence-corrected chi connectivity index (χ1v) is 4.77. The fraction of sp³-hybridized carbons (Fsp3) is 0.273. The van der Waals surface area contributed by atoms with E-state index >= 15 is 0 Å². The van der Waals surface area contributed by atoms with Crippen molar-refractivity contribution >= 4 is 0 Å². The fourth-order valence-corrected chi connectivity index (χ4v) is 1.59. The van der Waals surface area contributed by atoms with Crippen LogP contribution in [0.2, 0.25) is 0 Å². The average molecular weight is 187 g/mol. The minimum absolute atomic E-state index is 0.952. The quantitative estimate of drug-likeness (QED) is 0.720. The molecule has 0 atom stereocenters. The molecule has 0 bridgehead atoms. The van der Waals surface area contributed by atoms with Gasteiger partial charge in [0.15, 0.2) is 0 Å². The lowest BCUT2D eigenvalue weighted by Crippen LogP contribution is -1.96. The van der Waals surface area contributed by atoms with Gasteiger partial charge in [-0.2, -0.15) is 0 Å². The second-order valence-corrected chi connectivity index (χ2v) is 3.23. The molecule has 0 saturated heterocycles. The molecule has 3 heteroatoms. The Balaban J connectivity index is 2.52. The van der Waals surface area contributed by atoms with Gasteiger partial charge in [0, 0.05) is 12.6 Å². The highest BCUT2D eigenvalue weighted by molar-refractivity contribution is 5.60. The zero-order valence-electron chi connectivity index (χ0n) is 8.44. The number of aryl methyl sites for hydroxylation is 1. The number of hydrogen-bond donors (Lipinski definition) is 0. The fourth-order valence-electron chi connectivity index (χ4n) is 1.59. The Bertz CT molecular complexity index is 417. The molecule has 3 nitrogen and oxygen atoms in total. The van der Waals surface area contributed by atoms with Crippen LogP contribution in [0.4, 0.5) is 0 Å². The van der Waals surface area contributed by atoms with Crippen molar-refractivity contribution in [1.82, 2.24) is 15.0 Å². The molecule has 1 heterocycles. The van der Waals surface area contributed by atoms with Gasteiger partial charge in [-0.05, 0) is 6.42 Å². The first-order valence-electron chi connectivity index (χ1n) is 4.77. The molecule has 0 saturated carbocycles. The minimum Gasteiger partial charge on any atom is -0.252 e. The van der Waals surface area contributed by atoms with E-state index in [1.165, 1.54) is 5.69 Å². The van der Waals surface area contributed by atoms with Crippen LogP contribution in [-0.2, 0) is 13.5 Å². The molecule has 2 rings (SSSR count). The summed E-state index contributed by atoms with van der Waals surface area (Å²) >= 11 is 0. The zero-order chi connectivity index (χ0) is 9.97. The summed E-state index contributed by atoms with van der Waals surface area (Å²) in [6.45, 7) is 2.12. The summed E-state index contributed by atoms with van der Waals surface area (Å²) in [7, 11) is 1.93. The maximum Gasteiger partial charge on any atom is 0.116 e. The Morgan fingerprint density at radius 3 is 2.57 bits per heavy atom. The summed E-state index contributed by atoms with van der Waals surface area (Å²) in [5.41, 5.74) is 3.31. The summed E-state index contributed by atoms with van der Waals surface area (Å²) in [5, 5.41) is 8.20. The molecule has 0 amide bonds. The van der Waals surface area contributed by atoms with Gasteiger partial charge in [-0.25, -0.2) is 0 Å². The summed E-state index contributed by atoms with van der Waals surface area (Å²) in [6.07, 6.45) is 0.952. The van der Waals surface area contributed by atoms with E-state index in [1.54, 1.807) is 0 Å². The van der Waals surface area contributed by atoms with Gasteiger partial charge in [-0.3, -0.25) is 4.68 Å². The Morgan fingerprint density at radius 1 is 1.21 bits per heavy atom. The molecule has 14 heavy (non-hydrogen) atoms. The monoisotopic (exact) mass is 187 g/mol. The van der Waals surface area contributed by atoms with Crippen molar-refractivity contribution in [2.75, 3.05) is 0 Å². The Morgan fingerprint density at radius 2 is 1.93 bits per heavy atom. The summed E-state index contributed by atoms with van der Waals surface area (Å²) in [4.78, 5) is 0. The third-order valence-corrected chi connectivity index (χ3v) is 2.32. The zero-order valence-corrected chi connectivity index (χ0v) is 8.44. The third kappa shape index (κ3) is 1.41. The standard InChI is InChI=1S/C11H13N3/c1-3-10-11(12-13-14(10)2)9-7-5-4-6-8-9/h4-8H,3H2,1-2H3. The van der Waals surface area contributed by atoms with Gasteiger partial charge in [0.25, 0.3) is 0 Å². The first kappa shape index (κ1) is 8.94. The van der Waals surface area contributed by atoms with Gasteiger partial charge in [-0.1, -0.05) is 42.5 Å². The van der Waals surface area contributed by atoms with Gasteiger partial charge < -0.3 is 0 Å².